The Morgan fingerprint density at radius 1 is 1.24 bits per heavy atom. The van der Waals surface area contributed by atoms with Crippen molar-refractivity contribution in [3.8, 4) is 22.3 Å². The molecule has 1 N–H and O–H groups in total. The lowest BCUT2D eigenvalue weighted by Crippen LogP contribution is -2.23. The van der Waals surface area contributed by atoms with Gasteiger partial charge in [0.05, 0.1) is 19.1 Å². The SMILES string of the molecule is COc1ccc(CNC(=O)c2nc(-c3cccs3)oc2C)cc1OC. The Labute approximate surface area is 149 Å². The lowest BCUT2D eigenvalue weighted by Gasteiger charge is -2.10. The molecule has 1 aromatic carbocycles. The monoisotopic (exact) mass is 358 g/mol. The summed E-state index contributed by atoms with van der Waals surface area (Å²) >= 11 is 1.51. The first-order chi connectivity index (χ1) is 12.1. The number of carbonyl (C=O) groups is 1. The number of amides is 1. The predicted molar refractivity (Wildman–Crippen MR) is 95.3 cm³/mol. The number of hydrogen-bond donors (Lipinski definition) is 1. The van der Waals surface area contributed by atoms with E-state index in [4.69, 9.17) is 13.9 Å². The first-order valence-electron chi connectivity index (χ1n) is 7.62. The van der Waals surface area contributed by atoms with E-state index in [0.29, 0.717) is 35.4 Å². The molecule has 2 heterocycles. The number of oxazole rings is 1. The minimum atomic E-state index is -0.279. The molecule has 130 valence electrons. The molecular formula is C18H18N2O4S. The van der Waals surface area contributed by atoms with Gasteiger partial charge < -0.3 is 19.2 Å². The Hall–Kier alpha value is -2.80. The number of benzene rings is 1. The van der Waals surface area contributed by atoms with Crippen LogP contribution in [0.3, 0.4) is 0 Å². The molecule has 0 aliphatic rings. The third-order valence-electron chi connectivity index (χ3n) is 3.64. The van der Waals surface area contributed by atoms with E-state index in [-0.39, 0.29) is 5.91 Å². The maximum absolute atomic E-state index is 12.4. The summed E-state index contributed by atoms with van der Waals surface area (Å²) in [7, 11) is 3.16. The summed E-state index contributed by atoms with van der Waals surface area (Å²) in [5, 5.41) is 4.79. The van der Waals surface area contributed by atoms with Crippen LogP contribution in [0.5, 0.6) is 11.5 Å². The van der Waals surface area contributed by atoms with Crippen molar-refractivity contribution in [2.24, 2.45) is 0 Å². The van der Waals surface area contributed by atoms with Gasteiger partial charge in [0.15, 0.2) is 17.2 Å². The number of methoxy groups -OCH3 is 2. The van der Waals surface area contributed by atoms with Gasteiger partial charge in [-0.2, -0.15) is 0 Å². The predicted octanol–water partition coefficient (Wildman–Crippen LogP) is 3.66. The molecule has 6 nitrogen and oxygen atoms in total. The number of hydrogen-bond acceptors (Lipinski definition) is 6. The highest BCUT2D eigenvalue weighted by Gasteiger charge is 2.18. The van der Waals surface area contributed by atoms with Gasteiger partial charge in [-0.1, -0.05) is 12.1 Å². The molecule has 0 spiro atoms. The van der Waals surface area contributed by atoms with Crippen molar-refractivity contribution in [1.82, 2.24) is 10.3 Å². The van der Waals surface area contributed by atoms with Crippen LogP contribution in [0, 0.1) is 6.92 Å². The van der Waals surface area contributed by atoms with E-state index in [1.54, 1.807) is 27.2 Å². The third-order valence-corrected chi connectivity index (χ3v) is 4.50. The molecular weight excluding hydrogens is 340 g/mol. The van der Waals surface area contributed by atoms with E-state index >= 15 is 0 Å². The smallest absolute Gasteiger partial charge is 0.273 e. The average molecular weight is 358 g/mol. The second-order valence-electron chi connectivity index (χ2n) is 5.27. The number of aromatic nitrogens is 1. The third kappa shape index (κ3) is 3.66. The molecule has 0 bridgehead atoms. The van der Waals surface area contributed by atoms with Gasteiger partial charge in [0.2, 0.25) is 5.89 Å². The van der Waals surface area contributed by atoms with Crippen LogP contribution in [0.4, 0.5) is 0 Å². The fraction of sp³-hybridized carbons (Fsp3) is 0.222. The van der Waals surface area contributed by atoms with Crippen LogP contribution < -0.4 is 14.8 Å². The van der Waals surface area contributed by atoms with Crippen molar-refractivity contribution in [2.45, 2.75) is 13.5 Å². The number of nitrogens with zero attached hydrogens (tertiary/aromatic N) is 1. The number of nitrogens with one attached hydrogen (secondary N) is 1. The molecule has 3 rings (SSSR count). The second kappa shape index (κ2) is 7.40. The van der Waals surface area contributed by atoms with E-state index in [0.717, 1.165) is 10.4 Å². The molecule has 2 aromatic heterocycles. The minimum Gasteiger partial charge on any atom is -0.493 e. The zero-order valence-corrected chi connectivity index (χ0v) is 15.0. The topological polar surface area (TPSA) is 73.6 Å². The average Bonchev–Trinajstić information content (AvgIpc) is 3.28. The van der Waals surface area contributed by atoms with Gasteiger partial charge in [0.1, 0.15) is 5.76 Å². The van der Waals surface area contributed by atoms with Crippen LogP contribution in [0.25, 0.3) is 10.8 Å². The summed E-state index contributed by atoms with van der Waals surface area (Å²) in [5.41, 5.74) is 1.19. The number of thiophene rings is 1. The highest BCUT2D eigenvalue weighted by atomic mass is 32.1. The van der Waals surface area contributed by atoms with Crippen LogP contribution in [-0.4, -0.2) is 25.1 Å². The summed E-state index contributed by atoms with van der Waals surface area (Å²) in [6, 6.07) is 9.31. The number of rotatable bonds is 6. The number of carbonyl (C=O) groups excluding carboxylic acids is 1. The summed E-state index contributed by atoms with van der Waals surface area (Å²) < 4.78 is 16.1. The van der Waals surface area contributed by atoms with Gasteiger partial charge >= 0.3 is 0 Å². The molecule has 0 atom stereocenters. The molecule has 0 saturated carbocycles. The van der Waals surface area contributed by atoms with Crippen LogP contribution in [0.1, 0.15) is 21.8 Å². The summed E-state index contributed by atoms with van der Waals surface area (Å²) in [4.78, 5) is 17.6. The maximum Gasteiger partial charge on any atom is 0.273 e. The molecule has 25 heavy (non-hydrogen) atoms. The van der Waals surface area contributed by atoms with Crippen LogP contribution >= 0.6 is 11.3 Å². The van der Waals surface area contributed by atoms with Crippen LogP contribution in [0.2, 0.25) is 0 Å². The molecule has 3 aromatic rings. The zero-order valence-electron chi connectivity index (χ0n) is 14.2. The van der Waals surface area contributed by atoms with E-state index in [1.165, 1.54) is 11.3 Å². The van der Waals surface area contributed by atoms with Gasteiger partial charge in [-0.3, -0.25) is 4.79 Å². The van der Waals surface area contributed by atoms with Crippen molar-refractivity contribution >= 4 is 17.2 Å². The lowest BCUT2D eigenvalue weighted by molar-refractivity contribution is 0.0945. The van der Waals surface area contributed by atoms with Gasteiger partial charge in [-0.25, -0.2) is 4.98 Å². The van der Waals surface area contributed by atoms with Gasteiger partial charge in [-0.15, -0.1) is 11.3 Å². The first kappa shape index (κ1) is 17.0. The molecule has 0 aliphatic carbocycles. The van der Waals surface area contributed by atoms with E-state index in [2.05, 4.69) is 10.3 Å². The zero-order chi connectivity index (χ0) is 17.8. The highest BCUT2D eigenvalue weighted by molar-refractivity contribution is 7.13. The van der Waals surface area contributed by atoms with Gasteiger partial charge in [-0.05, 0) is 36.1 Å². The Morgan fingerprint density at radius 2 is 2.04 bits per heavy atom. The highest BCUT2D eigenvalue weighted by Crippen LogP contribution is 2.28. The van der Waals surface area contributed by atoms with Gasteiger partial charge in [0, 0.05) is 6.54 Å². The molecule has 0 unspecified atom stereocenters. The standard InChI is InChI=1S/C18H18N2O4S/c1-11-16(20-18(24-11)15-5-4-8-25-15)17(21)19-10-12-6-7-13(22-2)14(9-12)23-3/h4-9H,10H2,1-3H3,(H,19,21). The molecule has 0 aliphatic heterocycles. The van der Waals surface area contributed by atoms with E-state index in [1.807, 2.05) is 29.6 Å². The van der Waals surface area contributed by atoms with Crippen LogP contribution in [0.15, 0.2) is 40.1 Å². The van der Waals surface area contributed by atoms with Crippen molar-refractivity contribution in [1.29, 1.82) is 0 Å². The Bertz CT molecular complexity index is 871. The first-order valence-corrected chi connectivity index (χ1v) is 8.50. The van der Waals surface area contributed by atoms with Crippen molar-refractivity contribution in [3.05, 3.63) is 52.7 Å². The summed E-state index contributed by atoms with van der Waals surface area (Å²) in [5.74, 6) is 1.94. The second-order valence-corrected chi connectivity index (χ2v) is 6.22. The van der Waals surface area contributed by atoms with Gasteiger partial charge in [0.25, 0.3) is 5.91 Å². The van der Waals surface area contributed by atoms with E-state index in [9.17, 15) is 4.79 Å². The van der Waals surface area contributed by atoms with Crippen molar-refractivity contribution in [2.75, 3.05) is 14.2 Å². The fourth-order valence-corrected chi connectivity index (χ4v) is 3.02. The fourth-order valence-electron chi connectivity index (χ4n) is 2.37. The molecule has 7 heteroatoms. The van der Waals surface area contributed by atoms with Crippen molar-refractivity contribution < 1.29 is 18.7 Å². The Kier molecular flexibility index (Phi) is 5.04. The maximum atomic E-state index is 12.4. The molecule has 1 amide bonds. The van der Waals surface area contributed by atoms with Crippen molar-refractivity contribution in [3.63, 3.8) is 0 Å². The summed E-state index contributed by atoms with van der Waals surface area (Å²) in [6.07, 6.45) is 0. The quantitative estimate of drug-likeness (QED) is 0.728. The van der Waals surface area contributed by atoms with Crippen LogP contribution in [-0.2, 0) is 6.54 Å². The Morgan fingerprint density at radius 3 is 2.72 bits per heavy atom. The lowest BCUT2D eigenvalue weighted by atomic mass is 10.2. The normalized spacial score (nSPS) is 10.5. The number of ether oxygens (including phenoxy) is 2. The summed E-state index contributed by atoms with van der Waals surface area (Å²) in [6.45, 7) is 2.08. The van der Waals surface area contributed by atoms with E-state index < -0.39 is 0 Å². The number of aryl methyl sites for hydroxylation is 1. The minimum absolute atomic E-state index is 0.279. The molecule has 0 saturated heterocycles. The molecule has 0 radical (unpaired) electrons. The largest absolute Gasteiger partial charge is 0.493 e. The Balaban J connectivity index is 1.71. The molecule has 0 fully saturated rings.